The number of benzene rings is 2. The molecule has 1 atom stereocenters. The summed E-state index contributed by atoms with van der Waals surface area (Å²) in [5, 5.41) is 0. The molecule has 0 fully saturated rings. The fraction of sp³-hybridized carbons (Fsp3) is 0.294. The maximum absolute atomic E-state index is 6.23. The van der Waals surface area contributed by atoms with E-state index in [1.54, 1.807) is 7.11 Å². The number of thioether (sulfide) groups is 1. The van der Waals surface area contributed by atoms with Crippen LogP contribution in [0.3, 0.4) is 0 Å². The quantitative estimate of drug-likeness (QED) is 0.874. The molecule has 20 heavy (non-hydrogen) atoms. The second-order valence-corrected chi connectivity index (χ2v) is 5.85. The third-order valence-corrected chi connectivity index (χ3v) is 4.47. The van der Waals surface area contributed by atoms with Crippen molar-refractivity contribution in [1.82, 2.24) is 0 Å². The highest BCUT2D eigenvalue weighted by atomic mass is 32.2. The molecule has 2 rings (SSSR count). The van der Waals surface area contributed by atoms with Crippen molar-refractivity contribution in [2.24, 2.45) is 5.73 Å². The van der Waals surface area contributed by atoms with E-state index in [4.69, 9.17) is 10.5 Å². The zero-order valence-corrected chi connectivity index (χ0v) is 12.8. The fourth-order valence-corrected chi connectivity index (χ4v) is 3.12. The van der Waals surface area contributed by atoms with Crippen molar-refractivity contribution in [3.63, 3.8) is 0 Å². The Bertz CT molecular complexity index is 539. The van der Waals surface area contributed by atoms with Crippen LogP contribution in [0, 0.1) is 6.92 Å². The van der Waals surface area contributed by atoms with E-state index in [1.165, 1.54) is 11.1 Å². The Morgan fingerprint density at radius 1 is 1.10 bits per heavy atom. The van der Waals surface area contributed by atoms with Crippen LogP contribution in [0.4, 0.5) is 0 Å². The van der Waals surface area contributed by atoms with E-state index in [-0.39, 0.29) is 6.04 Å². The van der Waals surface area contributed by atoms with Crippen molar-refractivity contribution in [2.45, 2.75) is 18.7 Å². The van der Waals surface area contributed by atoms with E-state index in [0.717, 1.165) is 22.8 Å². The smallest absolute Gasteiger partial charge is 0.118 e. The molecule has 106 valence electrons. The second-order valence-electron chi connectivity index (χ2n) is 4.82. The number of ether oxygens (including phenoxy) is 1. The van der Waals surface area contributed by atoms with Crippen LogP contribution in [-0.2, 0) is 5.75 Å². The Hall–Kier alpha value is -1.45. The first-order valence-corrected chi connectivity index (χ1v) is 7.88. The molecule has 0 aliphatic rings. The Labute approximate surface area is 125 Å². The average molecular weight is 287 g/mol. The van der Waals surface area contributed by atoms with Gasteiger partial charge in [-0.2, -0.15) is 11.8 Å². The Balaban J connectivity index is 1.85. The molecule has 2 aromatic carbocycles. The highest BCUT2D eigenvalue weighted by Crippen LogP contribution is 2.22. The summed E-state index contributed by atoms with van der Waals surface area (Å²) in [6, 6.07) is 16.6. The summed E-state index contributed by atoms with van der Waals surface area (Å²) in [5.41, 5.74) is 10.1. The third kappa shape index (κ3) is 4.02. The number of aryl methyl sites for hydroxylation is 1. The highest BCUT2D eigenvalue weighted by Gasteiger charge is 2.07. The maximum atomic E-state index is 6.23. The normalized spacial score (nSPS) is 12.2. The third-order valence-electron chi connectivity index (χ3n) is 3.36. The Morgan fingerprint density at radius 3 is 2.45 bits per heavy atom. The fourth-order valence-electron chi connectivity index (χ4n) is 2.02. The molecule has 0 radical (unpaired) electrons. The largest absolute Gasteiger partial charge is 0.497 e. The standard InChI is InChI=1S/C17H21NOS/c1-13-5-3-4-6-15(13)11-20-12-17(18)14-7-9-16(19-2)10-8-14/h3-10,17H,11-12,18H2,1-2H3. The predicted octanol–water partition coefficient (Wildman–Crippen LogP) is 3.94. The van der Waals surface area contributed by atoms with E-state index in [1.807, 2.05) is 36.0 Å². The van der Waals surface area contributed by atoms with Crippen molar-refractivity contribution in [3.8, 4) is 5.75 Å². The number of hydrogen-bond donors (Lipinski definition) is 1. The van der Waals surface area contributed by atoms with Crippen LogP contribution in [0.25, 0.3) is 0 Å². The molecular formula is C17H21NOS. The molecule has 0 aromatic heterocycles. The van der Waals surface area contributed by atoms with Crippen molar-refractivity contribution >= 4 is 11.8 Å². The van der Waals surface area contributed by atoms with Gasteiger partial charge in [-0.1, -0.05) is 36.4 Å². The molecule has 2 N–H and O–H groups in total. The van der Waals surface area contributed by atoms with Gasteiger partial charge in [0.15, 0.2) is 0 Å². The number of hydrogen-bond acceptors (Lipinski definition) is 3. The van der Waals surface area contributed by atoms with Crippen LogP contribution in [0.5, 0.6) is 5.75 Å². The minimum Gasteiger partial charge on any atom is -0.497 e. The number of nitrogens with two attached hydrogens (primary N) is 1. The minimum absolute atomic E-state index is 0.0647. The molecule has 0 bridgehead atoms. The van der Waals surface area contributed by atoms with Crippen molar-refractivity contribution in [1.29, 1.82) is 0 Å². The summed E-state index contributed by atoms with van der Waals surface area (Å²) in [6.07, 6.45) is 0. The van der Waals surface area contributed by atoms with Crippen LogP contribution < -0.4 is 10.5 Å². The topological polar surface area (TPSA) is 35.2 Å². The van der Waals surface area contributed by atoms with Crippen LogP contribution >= 0.6 is 11.8 Å². The molecule has 2 nitrogen and oxygen atoms in total. The zero-order valence-electron chi connectivity index (χ0n) is 12.0. The molecule has 0 spiro atoms. The van der Waals surface area contributed by atoms with Gasteiger partial charge in [0.05, 0.1) is 7.11 Å². The Kier molecular flexibility index (Phi) is 5.50. The van der Waals surface area contributed by atoms with E-state index in [9.17, 15) is 0 Å². The number of methoxy groups -OCH3 is 1. The first kappa shape index (κ1) is 14.9. The molecule has 0 aliphatic heterocycles. The monoisotopic (exact) mass is 287 g/mol. The maximum Gasteiger partial charge on any atom is 0.118 e. The Morgan fingerprint density at radius 2 is 1.80 bits per heavy atom. The van der Waals surface area contributed by atoms with Crippen LogP contribution in [-0.4, -0.2) is 12.9 Å². The summed E-state index contributed by atoms with van der Waals surface area (Å²) >= 11 is 1.88. The van der Waals surface area contributed by atoms with Gasteiger partial charge in [0.2, 0.25) is 0 Å². The molecule has 0 saturated carbocycles. The molecule has 2 aromatic rings. The number of rotatable bonds is 6. The molecule has 0 amide bonds. The molecule has 0 heterocycles. The van der Waals surface area contributed by atoms with Gasteiger partial charge in [0.25, 0.3) is 0 Å². The summed E-state index contributed by atoms with van der Waals surface area (Å²) in [4.78, 5) is 0. The van der Waals surface area contributed by atoms with Gasteiger partial charge in [-0.15, -0.1) is 0 Å². The lowest BCUT2D eigenvalue weighted by atomic mass is 10.1. The van der Waals surface area contributed by atoms with Gasteiger partial charge in [0, 0.05) is 17.5 Å². The van der Waals surface area contributed by atoms with Crippen LogP contribution in [0.15, 0.2) is 48.5 Å². The van der Waals surface area contributed by atoms with Crippen molar-refractivity contribution < 1.29 is 4.74 Å². The summed E-state index contributed by atoms with van der Waals surface area (Å²) < 4.78 is 5.16. The van der Waals surface area contributed by atoms with Crippen molar-refractivity contribution in [2.75, 3.05) is 12.9 Å². The first-order valence-electron chi connectivity index (χ1n) is 6.72. The molecule has 3 heteroatoms. The molecular weight excluding hydrogens is 266 g/mol. The first-order chi connectivity index (χ1) is 9.70. The van der Waals surface area contributed by atoms with E-state index < -0.39 is 0 Å². The molecule has 0 aliphatic carbocycles. The van der Waals surface area contributed by atoms with Gasteiger partial charge >= 0.3 is 0 Å². The van der Waals surface area contributed by atoms with E-state index in [0.29, 0.717) is 0 Å². The lowest BCUT2D eigenvalue weighted by Gasteiger charge is -2.13. The lowest BCUT2D eigenvalue weighted by Crippen LogP contribution is -2.13. The van der Waals surface area contributed by atoms with E-state index in [2.05, 4.69) is 31.2 Å². The van der Waals surface area contributed by atoms with Gasteiger partial charge in [-0.3, -0.25) is 0 Å². The van der Waals surface area contributed by atoms with E-state index >= 15 is 0 Å². The highest BCUT2D eigenvalue weighted by molar-refractivity contribution is 7.98. The van der Waals surface area contributed by atoms with Gasteiger partial charge in [0.1, 0.15) is 5.75 Å². The van der Waals surface area contributed by atoms with Crippen LogP contribution in [0.1, 0.15) is 22.7 Å². The van der Waals surface area contributed by atoms with Gasteiger partial charge in [-0.05, 0) is 35.7 Å². The predicted molar refractivity (Wildman–Crippen MR) is 87.3 cm³/mol. The summed E-state index contributed by atoms with van der Waals surface area (Å²) in [7, 11) is 1.67. The lowest BCUT2D eigenvalue weighted by molar-refractivity contribution is 0.414. The molecule has 1 unspecified atom stereocenters. The average Bonchev–Trinajstić information content (AvgIpc) is 2.49. The summed E-state index contributed by atoms with van der Waals surface area (Å²) in [6.45, 7) is 2.15. The zero-order chi connectivity index (χ0) is 14.4. The molecule has 0 saturated heterocycles. The second kappa shape index (κ2) is 7.36. The minimum atomic E-state index is 0.0647. The summed E-state index contributed by atoms with van der Waals surface area (Å²) in [5.74, 6) is 2.80. The SMILES string of the molecule is COc1ccc(C(N)CSCc2ccccc2C)cc1. The van der Waals surface area contributed by atoms with Gasteiger partial charge in [-0.25, -0.2) is 0 Å². The van der Waals surface area contributed by atoms with Crippen molar-refractivity contribution in [3.05, 3.63) is 65.2 Å². The van der Waals surface area contributed by atoms with Crippen LogP contribution in [0.2, 0.25) is 0 Å². The van der Waals surface area contributed by atoms with Gasteiger partial charge < -0.3 is 10.5 Å².